The first-order chi connectivity index (χ1) is 6.56. The molecule has 0 fully saturated rings. The predicted molar refractivity (Wildman–Crippen MR) is 56.6 cm³/mol. The van der Waals surface area contributed by atoms with Crippen molar-refractivity contribution < 1.29 is 4.79 Å². The molecule has 14 heavy (non-hydrogen) atoms. The van der Waals surface area contributed by atoms with E-state index >= 15 is 0 Å². The van der Waals surface area contributed by atoms with Crippen LogP contribution in [-0.4, -0.2) is 31.0 Å². The maximum Gasteiger partial charge on any atom is 0.217 e. The van der Waals surface area contributed by atoms with Gasteiger partial charge in [-0.3, -0.25) is 9.79 Å². The molecule has 0 aliphatic heterocycles. The third-order valence-electron chi connectivity index (χ3n) is 1.70. The van der Waals surface area contributed by atoms with Crippen LogP contribution in [0.5, 0.6) is 0 Å². The van der Waals surface area contributed by atoms with Gasteiger partial charge in [0.05, 0.1) is 0 Å². The molecule has 0 unspecified atom stereocenters. The molecular formula is C8H19N5O. The summed E-state index contributed by atoms with van der Waals surface area (Å²) in [6.45, 7) is 2.47. The summed E-state index contributed by atoms with van der Waals surface area (Å²) in [6.07, 6.45) is 1.59. The van der Waals surface area contributed by atoms with Crippen LogP contribution in [0, 0.1) is 0 Å². The van der Waals surface area contributed by atoms with Gasteiger partial charge >= 0.3 is 0 Å². The molecule has 0 saturated heterocycles. The summed E-state index contributed by atoms with van der Waals surface area (Å²) in [5.74, 6) is 0.0242. The van der Waals surface area contributed by atoms with Crippen LogP contribution in [-0.2, 0) is 4.79 Å². The van der Waals surface area contributed by atoms with Gasteiger partial charge in [0.2, 0.25) is 5.91 Å². The first-order valence-electron chi connectivity index (χ1n) is 4.58. The van der Waals surface area contributed by atoms with Crippen molar-refractivity contribution >= 4 is 11.9 Å². The molecule has 82 valence electrons. The van der Waals surface area contributed by atoms with Crippen LogP contribution in [0.3, 0.4) is 0 Å². The van der Waals surface area contributed by atoms with Gasteiger partial charge in [-0.05, 0) is 12.8 Å². The van der Waals surface area contributed by atoms with E-state index < -0.39 is 0 Å². The van der Waals surface area contributed by atoms with E-state index in [4.69, 9.17) is 17.2 Å². The highest BCUT2D eigenvalue weighted by Crippen LogP contribution is 1.96. The van der Waals surface area contributed by atoms with Gasteiger partial charge in [-0.25, -0.2) is 0 Å². The molecule has 0 heterocycles. The average Bonchev–Trinajstić information content (AvgIpc) is 2.09. The van der Waals surface area contributed by atoms with Gasteiger partial charge in [0, 0.05) is 26.1 Å². The highest BCUT2D eigenvalue weighted by molar-refractivity contribution is 5.75. The number of rotatable bonds is 6. The van der Waals surface area contributed by atoms with Gasteiger partial charge < -0.3 is 22.5 Å². The standard InChI is InChI=1S/C8H19N5O/c1-6(14)13-7(5-9)3-2-4-12-8(10)11/h7H,2-5,9H2,1H3,(H,13,14)(H4,10,11,12)/t7-/m0/s1. The van der Waals surface area contributed by atoms with Crippen molar-refractivity contribution in [1.29, 1.82) is 0 Å². The summed E-state index contributed by atoms with van der Waals surface area (Å²) in [5, 5.41) is 2.74. The van der Waals surface area contributed by atoms with Crippen LogP contribution >= 0.6 is 0 Å². The third-order valence-corrected chi connectivity index (χ3v) is 1.70. The summed E-state index contributed by atoms with van der Waals surface area (Å²) in [4.78, 5) is 14.5. The molecule has 0 rings (SSSR count). The van der Waals surface area contributed by atoms with Gasteiger partial charge in [-0.1, -0.05) is 0 Å². The fourth-order valence-corrected chi connectivity index (χ4v) is 1.08. The number of nitrogens with one attached hydrogen (secondary N) is 1. The summed E-state index contributed by atoms with van der Waals surface area (Å²) in [7, 11) is 0. The number of hydrogen-bond acceptors (Lipinski definition) is 3. The molecule has 0 aromatic heterocycles. The lowest BCUT2D eigenvalue weighted by Crippen LogP contribution is -2.39. The SMILES string of the molecule is CC(=O)N[C@H](CN)CCCN=C(N)N. The van der Waals surface area contributed by atoms with E-state index in [-0.39, 0.29) is 17.9 Å². The first kappa shape index (κ1) is 12.7. The predicted octanol–water partition coefficient (Wildman–Crippen LogP) is -1.50. The second-order valence-electron chi connectivity index (χ2n) is 3.08. The first-order valence-corrected chi connectivity index (χ1v) is 4.58. The van der Waals surface area contributed by atoms with E-state index in [1.807, 2.05) is 0 Å². The second-order valence-corrected chi connectivity index (χ2v) is 3.08. The molecule has 0 aliphatic rings. The molecule has 7 N–H and O–H groups in total. The monoisotopic (exact) mass is 201 g/mol. The fraction of sp³-hybridized carbons (Fsp3) is 0.750. The van der Waals surface area contributed by atoms with Gasteiger partial charge in [-0.15, -0.1) is 0 Å². The second kappa shape index (κ2) is 7.14. The van der Waals surface area contributed by atoms with E-state index in [0.717, 1.165) is 12.8 Å². The van der Waals surface area contributed by atoms with Gasteiger partial charge in [-0.2, -0.15) is 0 Å². The molecular weight excluding hydrogens is 182 g/mol. The van der Waals surface area contributed by atoms with E-state index in [0.29, 0.717) is 13.1 Å². The van der Waals surface area contributed by atoms with Crippen LogP contribution in [0.25, 0.3) is 0 Å². The zero-order valence-corrected chi connectivity index (χ0v) is 8.49. The Morgan fingerprint density at radius 1 is 1.50 bits per heavy atom. The molecule has 1 amide bonds. The molecule has 1 atom stereocenters. The number of nitrogens with two attached hydrogens (primary N) is 3. The van der Waals surface area contributed by atoms with E-state index in [2.05, 4.69) is 10.3 Å². The zero-order valence-electron chi connectivity index (χ0n) is 8.49. The molecule has 0 spiro atoms. The Labute approximate surface area is 83.9 Å². The smallest absolute Gasteiger partial charge is 0.217 e. The van der Waals surface area contributed by atoms with Crippen LogP contribution in [0.15, 0.2) is 4.99 Å². The lowest BCUT2D eigenvalue weighted by molar-refractivity contribution is -0.119. The highest BCUT2D eigenvalue weighted by atomic mass is 16.1. The Hall–Kier alpha value is -1.30. The van der Waals surface area contributed by atoms with Crippen LogP contribution in [0.4, 0.5) is 0 Å². The van der Waals surface area contributed by atoms with E-state index in [1.165, 1.54) is 6.92 Å². The van der Waals surface area contributed by atoms with Crippen molar-refractivity contribution in [2.75, 3.05) is 13.1 Å². The fourth-order valence-electron chi connectivity index (χ4n) is 1.08. The Kier molecular flexibility index (Phi) is 6.47. The van der Waals surface area contributed by atoms with Crippen molar-refractivity contribution in [1.82, 2.24) is 5.32 Å². The molecule has 0 aromatic carbocycles. The quantitative estimate of drug-likeness (QED) is 0.237. The number of nitrogens with zero attached hydrogens (tertiary/aromatic N) is 1. The largest absolute Gasteiger partial charge is 0.370 e. The minimum absolute atomic E-state index is 0.0155. The maximum atomic E-state index is 10.7. The van der Waals surface area contributed by atoms with E-state index in [1.54, 1.807) is 0 Å². The summed E-state index contributed by atoms with van der Waals surface area (Å²) < 4.78 is 0. The molecule has 0 aromatic rings. The number of guanidine groups is 1. The Morgan fingerprint density at radius 2 is 2.14 bits per heavy atom. The molecule has 0 saturated carbocycles. The highest BCUT2D eigenvalue weighted by Gasteiger charge is 2.06. The number of carbonyl (C=O) groups is 1. The van der Waals surface area contributed by atoms with Gasteiger partial charge in [0.25, 0.3) is 0 Å². The van der Waals surface area contributed by atoms with Crippen LogP contribution in [0.2, 0.25) is 0 Å². The van der Waals surface area contributed by atoms with Crippen molar-refractivity contribution in [2.24, 2.45) is 22.2 Å². The maximum absolute atomic E-state index is 10.7. The lowest BCUT2D eigenvalue weighted by atomic mass is 10.1. The summed E-state index contributed by atoms with van der Waals surface area (Å²) >= 11 is 0. The van der Waals surface area contributed by atoms with Gasteiger partial charge in [0.1, 0.15) is 0 Å². The minimum atomic E-state index is -0.0673. The van der Waals surface area contributed by atoms with Gasteiger partial charge in [0.15, 0.2) is 5.96 Å². The number of amides is 1. The topological polar surface area (TPSA) is 120 Å². The van der Waals surface area contributed by atoms with Crippen molar-refractivity contribution in [3.63, 3.8) is 0 Å². The van der Waals surface area contributed by atoms with Crippen molar-refractivity contribution in [2.45, 2.75) is 25.8 Å². The molecule has 6 nitrogen and oxygen atoms in total. The minimum Gasteiger partial charge on any atom is -0.370 e. The zero-order chi connectivity index (χ0) is 11.0. The van der Waals surface area contributed by atoms with Crippen LogP contribution in [0.1, 0.15) is 19.8 Å². The lowest BCUT2D eigenvalue weighted by Gasteiger charge is -2.14. The molecule has 6 heteroatoms. The molecule has 0 bridgehead atoms. The Bertz CT molecular complexity index is 200. The Morgan fingerprint density at radius 3 is 2.57 bits per heavy atom. The molecule has 0 radical (unpaired) electrons. The van der Waals surface area contributed by atoms with E-state index in [9.17, 15) is 4.79 Å². The third kappa shape index (κ3) is 7.35. The Balaban J connectivity index is 3.62. The van der Waals surface area contributed by atoms with Crippen LogP contribution < -0.4 is 22.5 Å². The number of carbonyl (C=O) groups excluding carboxylic acids is 1. The number of aliphatic imine (C=N–C) groups is 1. The summed E-state index contributed by atoms with van der Waals surface area (Å²) in [6, 6.07) is 0.0155. The molecule has 0 aliphatic carbocycles. The van der Waals surface area contributed by atoms with Crippen molar-refractivity contribution in [3.8, 4) is 0 Å². The van der Waals surface area contributed by atoms with Crippen molar-refractivity contribution in [3.05, 3.63) is 0 Å². The normalized spacial score (nSPS) is 11.9. The average molecular weight is 201 g/mol. The summed E-state index contributed by atoms with van der Waals surface area (Å²) in [5.41, 5.74) is 15.8. The number of hydrogen-bond donors (Lipinski definition) is 4.